The largest absolute Gasteiger partial charge is 0.508 e. The van der Waals surface area contributed by atoms with Gasteiger partial charge in [-0.2, -0.15) is 0 Å². The number of phenolic OH excluding ortho intramolecular Hbond substituents is 1. The highest BCUT2D eigenvalue weighted by atomic mass is 16.3. The van der Waals surface area contributed by atoms with Crippen LogP contribution in [0.5, 0.6) is 5.75 Å². The average Bonchev–Trinajstić information content (AvgIpc) is 2.19. The Labute approximate surface area is 82.8 Å². The Morgan fingerprint density at radius 2 is 2.36 bits per heavy atom. The molecule has 1 atom stereocenters. The maximum atomic E-state index is 11.5. The fraction of sp³-hybridized carbons (Fsp3) is 0.364. The summed E-state index contributed by atoms with van der Waals surface area (Å²) in [6.45, 7) is 2.80. The predicted octanol–water partition coefficient (Wildman–Crippen LogP) is 1.63. The normalized spacial score (nSPS) is 20.1. The van der Waals surface area contributed by atoms with Gasteiger partial charge in [0.25, 0.3) is 5.91 Å². The molecule has 0 radical (unpaired) electrons. The molecule has 14 heavy (non-hydrogen) atoms. The standard InChI is InChI=1S/C11H13NO2/c1-2-7-6-12-11(14)10-5-8(13)3-4-9(7)10/h3-5,7,13H,2,6H2,1H3,(H,12,14). The molecule has 74 valence electrons. The topological polar surface area (TPSA) is 49.3 Å². The summed E-state index contributed by atoms with van der Waals surface area (Å²) >= 11 is 0. The molecule has 1 aromatic carbocycles. The summed E-state index contributed by atoms with van der Waals surface area (Å²) in [6.07, 6.45) is 0.998. The van der Waals surface area contributed by atoms with Crippen molar-refractivity contribution < 1.29 is 9.90 Å². The summed E-state index contributed by atoms with van der Waals surface area (Å²) in [5, 5.41) is 12.1. The fourth-order valence-electron chi connectivity index (χ4n) is 1.88. The Bertz CT molecular complexity index is 374. The summed E-state index contributed by atoms with van der Waals surface area (Å²) < 4.78 is 0. The number of hydrogen-bond donors (Lipinski definition) is 2. The second-order valence-corrected chi connectivity index (χ2v) is 3.59. The van der Waals surface area contributed by atoms with Crippen LogP contribution in [-0.2, 0) is 0 Å². The first kappa shape index (κ1) is 9.06. The van der Waals surface area contributed by atoms with Crippen molar-refractivity contribution in [2.45, 2.75) is 19.3 Å². The summed E-state index contributed by atoms with van der Waals surface area (Å²) in [5.74, 6) is 0.444. The molecule has 3 nitrogen and oxygen atoms in total. The van der Waals surface area contributed by atoms with Crippen molar-refractivity contribution in [2.24, 2.45) is 0 Å². The van der Waals surface area contributed by atoms with E-state index in [0.29, 0.717) is 18.0 Å². The van der Waals surface area contributed by atoms with E-state index >= 15 is 0 Å². The Kier molecular flexibility index (Phi) is 2.15. The molecule has 1 heterocycles. The number of phenols is 1. The number of fused-ring (bicyclic) bond motifs is 1. The fourth-order valence-corrected chi connectivity index (χ4v) is 1.88. The van der Waals surface area contributed by atoms with Crippen molar-refractivity contribution in [3.8, 4) is 5.75 Å². The number of carbonyl (C=O) groups excluding carboxylic acids is 1. The van der Waals surface area contributed by atoms with Crippen molar-refractivity contribution in [3.63, 3.8) is 0 Å². The van der Waals surface area contributed by atoms with Gasteiger partial charge in [0.05, 0.1) is 0 Å². The van der Waals surface area contributed by atoms with Crippen molar-refractivity contribution in [1.29, 1.82) is 0 Å². The van der Waals surface area contributed by atoms with Crippen molar-refractivity contribution in [1.82, 2.24) is 5.32 Å². The summed E-state index contributed by atoms with van der Waals surface area (Å²) in [6, 6.07) is 5.02. The minimum Gasteiger partial charge on any atom is -0.508 e. The first-order chi connectivity index (χ1) is 6.72. The maximum Gasteiger partial charge on any atom is 0.251 e. The smallest absolute Gasteiger partial charge is 0.251 e. The number of rotatable bonds is 1. The lowest BCUT2D eigenvalue weighted by Gasteiger charge is -2.24. The lowest BCUT2D eigenvalue weighted by molar-refractivity contribution is 0.0939. The van der Waals surface area contributed by atoms with Gasteiger partial charge in [-0.25, -0.2) is 0 Å². The Hall–Kier alpha value is -1.51. The molecule has 0 spiro atoms. The first-order valence-electron chi connectivity index (χ1n) is 4.83. The highest BCUT2D eigenvalue weighted by Crippen LogP contribution is 2.28. The molecule has 1 unspecified atom stereocenters. The van der Waals surface area contributed by atoms with Crippen molar-refractivity contribution in [3.05, 3.63) is 29.3 Å². The zero-order valence-corrected chi connectivity index (χ0v) is 8.08. The van der Waals surface area contributed by atoms with Crippen LogP contribution in [0.3, 0.4) is 0 Å². The van der Waals surface area contributed by atoms with Crippen LogP contribution in [0.2, 0.25) is 0 Å². The minimum absolute atomic E-state index is 0.0828. The van der Waals surface area contributed by atoms with Gasteiger partial charge in [-0.15, -0.1) is 0 Å². The SMILES string of the molecule is CCC1CNC(=O)c2cc(O)ccc21. The van der Waals surface area contributed by atoms with E-state index in [0.717, 1.165) is 12.0 Å². The maximum absolute atomic E-state index is 11.5. The van der Waals surface area contributed by atoms with E-state index in [1.807, 2.05) is 6.07 Å². The highest BCUT2D eigenvalue weighted by molar-refractivity contribution is 5.97. The van der Waals surface area contributed by atoms with Gasteiger partial charge in [-0.05, 0) is 24.1 Å². The molecule has 0 aliphatic carbocycles. The Morgan fingerprint density at radius 1 is 1.57 bits per heavy atom. The molecule has 2 N–H and O–H groups in total. The van der Waals surface area contributed by atoms with Gasteiger partial charge in [0.2, 0.25) is 0 Å². The molecule has 2 rings (SSSR count). The summed E-state index contributed by atoms with van der Waals surface area (Å²) in [4.78, 5) is 11.5. The first-order valence-corrected chi connectivity index (χ1v) is 4.83. The number of hydrogen-bond acceptors (Lipinski definition) is 2. The number of aromatic hydroxyl groups is 1. The Balaban J connectivity index is 2.51. The number of carbonyl (C=O) groups is 1. The van der Waals surface area contributed by atoms with Crippen LogP contribution in [-0.4, -0.2) is 17.6 Å². The van der Waals surface area contributed by atoms with Crippen LogP contribution in [0.25, 0.3) is 0 Å². The molecular weight excluding hydrogens is 178 g/mol. The van der Waals surface area contributed by atoms with E-state index in [2.05, 4.69) is 12.2 Å². The van der Waals surface area contributed by atoms with Crippen molar-refractivity contribution >= 4 is 5.91 Å². The molecule has 1 amide bonds. The van der Waals surface area contributed by atoms with Crippen LogP contribution in [0.1, 0.15) is 35.2 Å². The van der Waals surface area contributed by atoms with E-state index in [-0.39, 0.29) is 11.7 Å². The predicted molar refractivity (Wildman–Crippen MR) is 53.5 cm³/mol. The minimum atomic E-state index is -0.0828. The second-order valence-electron chi connectivity index (χ2n) is 3.59. The quantitative estimate of drug-likeness (QED) is 0.708. The molecule has 0 aromatic heterocycles. The zero-order chi connectivity index (χ0) is 10.1. The Morgan fingerprint density at radius 3 is 3.07 bits per heavy atom. The van der Waals surface area contributed by atoms with Crippen LogP contribution in [0.4, 0.5) is 0 Å². The third-order valence-electron chi connectivity index (χ3n) is 2.72. The van der Waals surface area contributed by atoms with Crippen LogP contribution in [0.15, 0.2) is 18.2 Å². The van der Waals surface area contributed by atoms with E-state index in [1.165, 1.54) is 6.07 Å². The van der Waals surface area contributed by atoms with E-state index in [1.54, 1.807) is 6.07 Å². The second kappa shape index (κ2) is 3.33. The van der Waals surface area contributed by atoms with Gasteiger partial charge in [-0.3, -0.25) is 4.79 Å². The molecule has 0 fully saturated rings. The number of amides is 1. The molecule has 3 heteroatoms. The van der Waals surface area contributed by atoms with Gasteiger partial charge in [0.15, 0.2) is 0 Å². The molecule has 1 aliphatic heterocycles. The van der Waals surface area contributed by atoms with Gasteiger partial charge < -0.3 is 10.4 Å². The number of benzene rings is 1. The van der Waals surface area contributed by atoms with Crippen LogP contribution >= 0.6 is 0 Å². The highest BCUT2D eigenvalue weighted by Gasteiger charge is 2.23. The van der Waals surface area contributed by atoms with Crippen LogP contribution < -0.4 is 5.32 Å². The molecule has 0 saturated heterocycles. The molecule has 0 saturated carbocycles. The molecule has 0 bridgehead atoms. The monoisotopic (exact) mass is 191 g/mol. The third-order valence-corrected chi connectivity index (χ3v) is 2.72. The summed E-state index contributed by atoms with van der Waals surface area (Å²) in [7, 11) is 0. The van der Waals surface area contributed by atoms with Gasteiger partial charge in [0.1, 0.15) is 5.75 Å². The van der Waals surface area contributed by atoms with Crippen LogP contribution in [0, 0.1) is 0 Å². The molecule has 1 aliphatic rings. The molecular formula is C11H13NO2. The lowest BCUT2D eigenvalue weighted by Crippen LogP contribution is -2.34. The average molecular weight is 191 g/mol. The van der Waals surface area contributed by atoms with E-state index < -0.39 is 0 Å². The van der Waals surface area contributed by atoms with E-state index in [4.69, 9.17) is 0 Å². The zero-order valence-electron chi connectivity index (χ0n) is 8.08. The summed E-state index contributed by atoms with van der Waals surface area (Å²) in [5.41, 5.74) is 1.66. The lowest BCUT2D eigenvalue weighted by atomic mass is 9.88. The molecule has 1 aromatic rings. The number of nitrogens with one attached hydrogen (secondary N) is 1. The third kappa shape index (κ3) is 1.35. The van der Waals surface area contributed by atoms with Gasteiger partial charge in [0, 0.05) is 18.0 Å². The van der Waals surface area contributed by atoms with Gasteiger partial charge in [-0.1, -0.05) is 13.0 Å². The van der Waals surface area contributed by atoms with Crippen molar-refractivity contribution in [2.75, 3.05) is 6.54 Å². The van der Waals surface area contributed by atoms with Gasteiger partial charge >= 0.3 is 0 Å². The van der Waals surface area contributed by atoms with E-state index in [9.17, 15) is 9.90 Å².